The number of nitro groups is 1. The molecule has 6 nitrogen and oxygen atoms in total. The van der Waals surface area contributed by atoms with Crippen molar-refractivity contribution in [2.45, 2.75) is 13.3 Å². The number of pyridine rings is 1. The molecule has 0 atom stereocenters. The Morgan fingerprint density at radius 1 is 1.33 bits per heavy atom. The molecule has 1 aromatic carbocycles. The van der Waals surface area contributed by atoms with E-state index in [1.165, 1.54) is 19.1 Å². The van der Waals surface area contributed by atoms with E-state index in [9.17, 15) is 14.9 Å². The number of Topliss-reactive ketones (excluding diaryl/α,β-unsaturated/α-hetero) is 1. The van der Waals surface area contributed by atoms with Gasteiger partial charge in [0.15, 0.2) is 5.78 Å². The predicted octanol–water partition coefficient (Wildman–Crippen LogP) is 2.81. The van der Waals surface area contributed by atoms with Crippen molar-refractivity contribution in [3.8, 4) is 5.75 Å². The van der Waals surface area contributed by atoms with Crippen LogP contribution in [0.1, 0.15) is 23.0 Å². The Kier molecular flexibility index (Phi) is 4.61. The first kappa shape index (κ1) is 14.6. The number of nitrogens with zero attached hydrogens (tertiary/aromatic N) is 2. The van der Waals surface area contributed by atoms with Crippen molar-refractivity contribution in [1.82, 2.24) is 4.98 Å². The second kappa shape index (κ2) is 6.60. The molecular weight excluding hydrogens is 272 g/mol. The highest BCUT2D eigenvalue weighted by Crippen LogP contribution is 2.25. The molecule has 2 aromatic rings. The van der Waals surface area contributed by atoms with E-state index in [-0.39, 0.29) is 17.0 Å². The molecule has 0 saturated carbocycles. The molecule has 21 heavy (non-hydrogen) atoms. The standard InChI is InChI=1S/C15H14N2O4/c1-11(18)14-6-5-13(10-15(14)17(19)20)21-9-7-12-4-2-3-8-16-12/h2-6,8,10H,7,9H2,1H3. The fourth-order valence-corrected chi connectivity index (χ4v) is 1.87. The Morgan fingerprint density at radius 2 is 2.14 bits per heavy atom. The summed E-state index contributed by atoms with van der Waals surface area (Å²) in [5.41, 5.74) is 0.724. The first-order chi connectivity index (χ1) is 10.1. The van der Waals surface area contributed by atoms with Gasteiger partial charge >= 0.3 is 0 Å². The Balaban J connectivity index is 2.05. The molecule has 0 amide bonds. The molecular formula is C15H14N2O4. The summed E-state index contributed by atoms with van der Waals surface area (Å²) >= 11 is 0. The van der Waals surface area contributed by atoms with E-state index < -0.39 is 4.92 Å². The van der Waals surface area contributed by atoms with Gasteiger partial charge in [-0.3, -0.25) is 19.9 Å². The molecule has 1 aromatic heterocycles. The van der Waals surface area contributed by atoms with E-state index in [1.807, 2.05) is 18.2 Å². The van der Waals surface area contributed by atoms with Crippen LogP contribution in [0, 0.1) is 10.1 Å². The van der Waals surface area contributed by atoms with Gasteiger partial charge in [0.05, 0.1) is 23.2 Å². The average Bonchev–Trinajstić information content (AvgIpc) is 2.48. The number of nitro benzene ring substituents is 1. The third kappa shape index (κ3) is 3.85. The van der Waals surface area contributed by atoms with Gasteiger partial charge in [-0.15, -0.1) is 0 Å². The van der Waals surface area contributed by atoms with Gasteiger partial charge in [0.25, 0.3) is 5.69 Å². The van der Waals surface area contributed by atoms with Gasteiger partial charge in [0.1, 0.15) is 5.75 Å². The van der Waals surface area contributed by atoms with Crippen LogP contribution in [0.15, 0.2) is 42.6 Å². The van der Waals surface area contributed by atoms with Crippen LogP contribution in [0.2, 0.25) is 0 Å². The van der Waals surface area contributed by atoms with Crippen molar-refractivity contribution in [1.29, 1.82) is 0 Å². The van der Waals surface area contributed by atoms with Crippen molar-refractivity contribution in [3.05, 3.63) is 64.0 Å². The van der Waals surface area contributed by atoms with E-state index in [0.29, 0.717) is 18.8 Å². The highest BCUT2D eigenvalue weighted by molar-refractivity contribution is 5.98. The molecule has 0 aliphatic rings. The number of carbonyl (C=O) groups excluding carboxylic acids is 1. The van der Waals surface area contributed by atoms with E-state index in [1.54, 1.807) is 12.3 Å². The van der Waals surface area contributed by atoms with Crippen molar-refractivity contribution in [2.24, 2.45) is 0 Å². The van der Waals surface area contributed by atoms with Crippen LogP contribution >= 0.6 is 0 Å². The molecule has 0 aliphatic carbocycles. The van der Waals surface area contributed by atoms with Gasteiger partial charge < -0.3 is 4.74 Å². The monoisotopic (exact) mass is 286 g/mol. The number of hydrogen-bond acceptors (Lipinski definition) is 5. The maximum atomic E-state index is 11.3. The summed E-state index contributed by atoms with van der Waals surface area (Å²) in [5, 5.41) is 11.0. The van der Waals surface area contributed by atoms with E-state index in [2.05, 4.69) is 4.98 Å². The molecule has 6 heteroatoms. The molecule has 0 fully saturated rings. The van der Waals surface area contributed by atoms with Gasteiger partial charge in [-0.1, -0.05) is 6.07 Å². The third-order valence-corrected chi connectivity index (χ3v) is 2.90. The Labute approximate surface area is 121 Å². The molecule has 2 rings (SSSR count). The fraction of sp³-hybridized carbons (Fsp3) is 0.200. The second-order valence-corrected chi connectivity index (χ2v) is 4.41. The zero-order valence-electron chi connectivity index (χ0n) is 11.5. The number of carbonyl (C=O) groups is 1. The van der Waals surface area contributed by atoms with Gasteiger partial charge in [-0.25, -0.2) is 0 Å². The molecule has 0 bridgehead atoms. The van der Waals surface area contributed by atoms with Gasteiger partial charge in [0, 0.05) is 18.3 Å². The quantitative estimate of drug-likeness (QED) is 0.463. The minimum Gasteiger partial charge on any atom is -0.493 e. The zero-order valence-corrected chi connectivity index (χ0v) is 11.5. The van der Waals surface area contributed by atoms with Crippen molar-refractivity contribution in [3.63, 3.8) is 0 Å². The first-order valence-corrected chi connectivity index (χ1v) is 6.40. The molecule has 0 spiro atoms. The highest BCUT2D eigenvalue weighted by atomic mass is 16.6. The summed E-state index contributed by atoms with van der Waals surface area (Å²) in [5.74, 6) is 0.0179. The molecule has 1 heterocycles. The number of hydrogen-bond donors (Lipinski definition) is 0. The minimum absolute atomic E-state index is 0.0806. The Morgan fingerprint density at radius 3 is 2.76 bits per heavy atom. The molecule has 0 N–H and O–H groups in total. The van der Waals surface area contributed by atoms with E-state index in [0.717, 1.165) is 5.69 Å². The minimum atomic E-state index is -0.581. The van der Waals surface area contributed by atoms with Crippen LogP contribution < -0.4 is 4.74 Å². The van der Waals surface area contributed by atoms with Gasteiger partial charge in [-0.2, -0.15) is 0 Å². The van der Waals surface area contributed by atoms with Crippen LogP contribution in [0.25, 0.3) is 0 Å². The summed E-state index contributed by atoms with van der Waals surface area (Å²) < 4.78 is 5.48. The van der Waals surface area contributed by atoms with E-state index in [4.69, 9.17) is 4.74 Å². The summed E-state index contributed by atoms with van der Waals surface area (Å²) in [7, 11) is 0. The second-order valence-electron chi connectivity index (χ2n) is 4.41. The maximum Gasteiger partial charge on any atom is 0.283 e. The fourth-order valence-electron chi connectivity index (χ4n) is 1.87. The lowest BCUT2D eigenvalue weighted by atomic mass is 10.1. The molecule has 0 unspecified atom stereocenters. The normalized spacial score (nSPS) is 10.1. The Hall–Kier alpha value is -2.76. The van der Waals surface area contributed by atoms with Crippen molar-refractivity contribution < 1.29 is 14.5 Å². The highest BCUT2D eigenvalue weighted by Gasteiger charge is 2.18. The number of ketones is 1. The molecule has 0 radical (unpaired) electrons. The summed E-state index contributed by atoms with van der Waals surface area (Å²) in [4.78, 5) is 25.9. The van der Waals surface area contributed by atoms with Crippen LogP contribution in [0.4, 0.5) is 5.69 Å². The van der Waals surface area contributed by atoms with Crippen LogP contribution in [0.5, 0.6) is 5.75 Å². The number of ether oxygens (including phenoxy) is 1. The zero-order chi connectivity index (χ0) is 15.2. The van der Waals surface area contributed by atoms with Crippen molar-refractivity contribution in [2.75, 3.05) is 6.61 Å². The molecule has 0 saturated heterocycles. The maximum absolute atomic E-state index is 11.3. The summed E-state index contributed by atoms with van der Waals surface area (Å²) in [6, 6.07) is 9.83. The number of benzene rings is 1. The predicted molar refractivity (Wildman–Crippen MR) is 76.5 cm³/mol. The van der Waals surface area contributed by atoms with Gasteiger partial charge in [-0.05, 0) is 31.2 Å². The Bertz CT molecular complexity index is 656. The summed E-state index contributed by atoms with van der Waals surface area (Å²) in [6.45, 7) is 1.65. The smallest absolute Gasteiger partial charge is 0.283 e. The number of aromatic nitrogens is 1. The van der Waals surface area contributed by atoms with Crippen LogP contribution in [-0.2, 0) is 6.42 Å². The topological polar surface area (TPSA) is 82.3 Å². The summed E-state index contributed by atoms with van der Waals surface area (Å²) in [6.07, 6.45) is 2.30. The largest absolute Gasteiger partial charge is 0.493 e. The SMILES string of the molecule is CC(=O)c1ccc(OCCc2ccccn2)cc1[N+](=O)[O-]. The lowest BCUT2D eigenvalue weighted by Crippen LogP contribution is -2.05. The van der Waals surface area contributed by atoms with E-state index >= 15 is 0 Å². The average molecular weight is 286 g/mol. The third-order valence-electron chi connectivity index (χ3n) is 2.90. The van der Waals surface area contributed by atoms with Crippen LogP contribution in [-0.4, -0.2) is 22.3 Å². The van der Waals surface area contributed by atoms with Crippen LogP contribution in [0.3, 0.4) is 0 Å². The van der Waals surface area contributed by atoms with Gasteiger partial charge in [0.2, 0.25) is 0 Å². The first-order valence-electron chi connectivity index (χ1n) is 6.40. The lowest BCUT2D eigenvalue weighted by molar-refractivity contribution is -0.385. The lowest BCUT2D eigenvalue weighted by Gasteiger charge is -2.07. The molecule has 108 valence electrons. The number of rotatable bonds is 6. The molecule has 0 aliphatic heterocycles. The van der Waals surface area contributed by atoms with Crippen molar-refractivity contribution >= 4 is 11.5 Å².